The average molecular weight is 414 g/mol. The summed E-state index contributed by atoms with van der Waals surface area (Å²) in [6, 6.07) is 7.22. The van der Waals surface area contributed by atoms with E-state index in [1.807, 2.05) is 13.0 Å². The highest BCUT2D eigenvalue weighted by atomic mass is 79.9. The molecule has 102 valence electrons. The van der Waals surface area contributed by atoms with Crippen LogP contribution in [0.1, 0.15) is 25.7 Å². The first-order chi connectivity index (χ1) is 8.79. The highest BCUT2D eigenvalue weighted by Gasteiger charge is 2.30. The van der Waals surface area contributed by atoms with Gasteiger partial charge in [0.2, 0.25) is 0 Å². The lowest BCUT2D eigenvalue weighted by Crippen LogP contribution is -2.04. The van der Waals surface area contributed by atoms with Gasteiger partial charge in [-0.2, -0.15) is 13.2 Å². The van der Waals surface area contributed by atoms with Gasteiger partial charge in [0.05, 0.1) is 10.4 Å². The van der Waals surface area contributed by atoms with Crippen molar-refractivity contribution >= 4 is 43.2 Å². The van der Waals surface area contributed by atoms with Gasteiger partial charge in [-0.25, -0.2) is 0 Å². The van der Waals surface area contributed by atoms with Crippen molar-refractivity contribution in [1.29, 1.82) is 0 Å². The van der Waals surface area contributed by atoms with E-state index in [1.165, 1.54) is 12.1 Å². The third kappa shape index (κ3) is 3.41. The summed E-state index contributed by atoms with van der Waals surface area (Å²) < 4.78 is 38.5. The monoisotopic (exact) mass is 412 g/mol. The number of halogens is 5. The summed E-state index contributed by atoms with van der Waals surface area (Å²) in [5.41, 5.74) is 0.174. The van der Waals surface area contributed by atoms with E-state index >= 15 is 0 Å². The van der Waals surface area contributed by atoms with Gasteiger partial charge in [-0.05, 0) is 46.6 Å². The van der Waals surface area contributed by atoms with Gasteiger partial charge < -0.3 is 0 Å². The van der Waals surface area contributed by atoms with Gasteiger partial charge in [-0.3, -0.25) is 0 Å². The molecule has 0 saturated carbocycles. The van der Waals surface area contributed by atoms with Crippen LogP contribution in [0.5, 0.6) is 0 Å². The standard InChI is InChI=1S/C13H9Br2F3S/c1-7-6-10(14)12(19-7)11(15)8-2-4-9(5-3-8)13(16,17)18/h2-6,11H,1H3. The molecule has 0 bridgehead atoms. The Morgan fingerprint density at radius 2 is 1.74 bits per heavy atom. The predicted octanol–water partition coefficient (Wildman–Crippen LogP) is 6.32. The van der Waals surface area contributed by atoms with Gasteiger partial charge in [0, 0.05) is 14.2 Å². The predicted molar refractivity (Wildman–Crippen MR) is 79.0 cm³/mol. The lowest BCUT2D eigenvalue weighted by atomic mass is 10.1. The second-order valence-corrected chi connectivity index (χ2v) is 7.11. The molecule has 19 heavy (non-hydrogen) atoms. The van der Waals surface area contributed by atoms with Crippen molar-refractivity contribution in [2.45, 2.75) is 17.9 Å². The molecular formula is C13H9Br2F3S. The van der Waals surface area contributed by atoms with Gasteiger partial charge in [-0.1, -0.05) is 28.1 Å². The zero-order chi connectivity index (χ0) is 14.2. The molecule has 0 nitrogen and oxygen atoms in total. The Balaban J connectivity index is 2.30. The summed E-state index contributed by atoms with van der Waals surface area (Å²) in [6.07, 6.45) is -4.29. The zero-order valence-electron chi connectivity index (χ0n) is 9.76. The van der Waals surface area contributed by atoms with Crippen molar-refractivity contribution < 1.29 is 13.2 Å². The molecule has 0 aliphatic rings. The number of hydrogen-bond acceptors (Lipinski definition) is 1. The molecule has 0 aliphatic carbocycles. The molecule has 0 fully saturated rings. The second kappa shape index (κ2) is 5.58. The Bertz CT molecular complexity index is 573. The van der Waals surface area contributed by atoms with Crippen LogP contribution in [0, 0.1) is 6.92 Å². The van der Waals surface area contributed by atoms with E-state index < -0.39 is 11.7 Å². The van der Waals surface area contributed by atoms with E-state index in [0.29, 0.717) is 0 Å². The number of aryl methyl sites for hydroxylation is 1. The molecule has 2 aromatic rings. The highest BCUT2D eigenvalue weighted by Crippen LogP contribution is 2.41. The molecule has 0 amide bonds. The molecule has 1 unspecified atom stereocenters. The van der Waals surface area contributed by atoms with E-state index in [2.05, 4.69) is 31.9 Å². The highest BCUT2D eigenvalue weighted by molar-refractivity contribution is 9.11. The molecule has 0 spiro atoms. The minimum atomic E-state index is -4.29. The van der Waals surface area contributed by atoms with Crippen molar-refractivity contribution in [3.8, 4) is 0 Å². The fourth-order valence-corrected chi connectivity index (χ4v) is 4.69. The Labute approximate surface area is 129 Å². The van der Waals surface area contributed by atoms with Gasteiger partial charge in [-0.15, -0.1) is 11.3 Å². The maximum atomic E-state index is 12.5. The van der Waals surface area contributed by atoms with Crippen LogP contribution in [0.2, 0.25) is 0 Å². The number of benzene rings is 1. The van der Waals surface area contributed by atoms with E-state index in [0.717, 1.165) is 31.9 Å². The smallest absolute Gasteiger partial charge is 0.166 e. The maximum absolute atomic E-state index is 12.5. The fraction of sp³-hybridized carbons (Fsp3) is 0.231. The lowest BCUT2D eigenvalue weighted by molar-refractivity contribution is -0.137. The molecule has 2 rings (SSSR count). The molecular weight excluding hydrogens is 405 g/mol. The molecule has 1 aromatic heterocycles. The Kier molecular flexibility index (Phi) is 4.42. The van der Waals surface area contributed by atoms with Crippen LogP contribution in [-0.4, -0.2) is 0 Å². The first-order valence-corrected chi connectivity index (χ1v) is 7.88. The number of thiophene rings is 1. The Morgan fingerprint density at radius 1 is 1.16 bits per heavy atom. The van der Waals surface area contributed by atoms with Gasteiger partial charge >= 0.3 is 6.18 Å². The number of alkyl halides is 4. The Morgan fingerprint density at radius 3 is 2.16 bits per heavy atom. The summed E-state index contributed by atoms with van der Waals surface area (Å²) in [5.74, 6) is 0. The van der Waals surface area contributed by atoms with Crippen molar-refractivity contribution in [1.82, 2.24) is 0 Å². The minimum absolute atomic E-state index is 0.108. The first kappa shape index (κ1) is 15.1. The van der Waals surface area contributed by atoms with Crippen molar-refractivity contribution in [2.75, 3.05) is 0 Å². The largest absolute Gasteiger partial charge is 0.416 e. The molecule has 1 heterocycles. The van der Waals surface area contributed by atoms with E-state index in [1.54, 1.807) is 11.3 Å². The number of hydrogen-bond donors (Lipinski definition) is 0. The summed E-state index contributed by atoms with van der Waals surface area (Å²) >= 11 is 8.61. The maximum Gasteiger partial charge on any atom is 0.416 e. The zero-order valence-corrected chi connectivity index (χ0v) is 13.8. The topological polar surface area (TPSA) is 0 Å². The van der Waals surface area contributed by atoms with Gasteiger partial charge in [0.1, 0.15) is 0 Å². The number of rotatable bonds is 2. The van der Waals surface area contributed by atoms with E-state index in [-0.39, 0.29) is 4.83 Å². The molecule has 0 saturated heterocycles. The summed E-state index contributed by atoms with van der Waals surface area (Å²) in [6.45, 7) is 1.99. The molecule has 0 aliphatic heterocycles. The third-order valence-electron chi connectivity index (χ3n) is 2.60. The van der Waals surface area contributed by atoms with Crippen LogP contribution in [0.25, 0.3) is 0 Å². The van der Waals surface area contributed by atoms with Gasteiger partial charge in [0.25, 0.3) is 0 Å². The van der Waals surface area contributed by atoms with Gasteiger partial charge in [0.15, 0.2) is 0 Å². The third-order valence-corrected chi connectivity index (χ3v) is 5.92. The van der Waals surface area contributed by atoms with Crippen molar-refractivity contribution in [3.05, 3.63) is 55.7 Å². The van der Waals surface area contributed by atoms with Crippen molar-refractivity contribution in [3.63, 3.8) is 0 Å². The summed E-state index contributed by atoms with van der Waals surface area (Å²) in [4.78, 5) is 2.10. The molecule has 0 N–H and O–H groups in total. The van der Waals surface area contributed by atoms with Crippen LogP contribution in [-0.2, 0) is 6.18 Å². The quantitative estimate of drug-likeness (QED) is 0.505. The van der Waals surface area contributed by atoms with Crippen LogP contribution in [0.15, 0.2) is 34.8 Å². The summed E-state index contributed by atoms with van der Waals surface area (Å²) in [7, 11) is 0. The van der Waals surface area contributed by atoms with Crippen LogP contribution >= 0.6 is 43.2 Å². The lowest BCUT2D eigenvalue weighted by Gasteiger charge is -2.11. The fourth-order valence-electron chi connectivity index (χ4n) is 1.67. The van der Waals surface area contributed by atoms with E-state index in [4.69, 9.17) is 0 Å². The average Bonchev–Trinajstić information content (AvgIpc) is 2.66. The normalized spacial score (nSPS) is 13.6. The SMILES string of the molecule is Cc1cc(Br)c(C(Br)c2ccc(C(F)(F)F)cc2)s1. The molecule has 1 aromatic carbocycles. The minimum Gasteiger partial charge on any atom is -0.166 e. The molecule has 1 atom stereocenters. The molecule has 0 radical (unpaired) electrons. The molecule has 6 heteroatoms. The van der Waals surface area contributed by atoms with Crippen LogP contribution in [0.3, 0.4) is 0 Å². The summed E-state index contributed by atoms with van der Waals surface area (Å²) in [5, 5.41) is 0. The van der Waals surface area contributed by atoms with Crippen molar-refractivity contribution in [2.24, 2.45) is 0 Å². The van der Waals surface area contributed by atoms with E-state index in [9.17, 15) is 13.2 Å². The second-order valence-electron chi connectivity index (χ2n) is 4.05. The van der Waals surface area contributed by atoms with Crippen LogP contribution < -0.4 is 0 Å². The van der Waals surface area contributed by atoms with Crippen LogP contribution in [0.4, 0.5) is 13.2 Å². The Hall–Kier alpha value is -0.330. The first-order valence-electron chi connectivity index (χ1n) is 5.36.